The van der Waals surface area contributed by atoms with E-state index in [0.29, 0.717) is 6.42 Å². The minimum atomic E-state index is -4.31. The molecular formula is C14H13F3OS. The van der Waals surface area contributed by atoms with Gasteiger partial charge in [-0.15, -0.1) is 0 Å². The number of rotatable bonds is 2. The van der Waals surface area contributed by atoms with Gasteiger partial charge in [0, 0.05) is 16.9 Å². The summed E-state index contributed by atoms with van der Waals surface area (Å²) >= 11 is 1.39. The second-order valence-corrected chi connectivity index (χ2v) is 5.62. The standard InChI is InChI=1S/C14H13F3OS/c1-9-12(18)3-2-4-13(9)19-11-7-5-10(6-8-11)14(15,16)17/h5-8H,2-4H2,1H3. The van der Waals surface area contributed by atoms with Crippen molar-refractivity contribution < 1.29 is 18.0 Å². The number of thioether (sulfide) groups is 1. The predicted molar refractivity (Wildman–Crippen MR) is 68.9 cm³/mol. The fourth-order valence-corrected chi connectivity index (χ4v) is 2.99. The van der Waals surface area contributed by atoms with Crippen molar-refractivity contribution in [1.29, 1.82) is 0 Å². The smallest absolute Gasteiger partial charge is 0.295 e. The third-order valence-electron chi connectivity index (χ3n) is 3.07. The number of alkyl halides is 3. The number of halogens is 3. The molecule has 102 valence electrons. The van der Waals surface area contributed by atoms with E-state index in [1.54, 1.807) is 6.92 Å². The number of ketones is 1. The minimum Gasteiger partial charge on any atom is -0.295 e. The van der Waals surface area contributed by atoms with E-state index in [-0.39, 0.29) is 5.78 Å². The van der Waals surface area contributed by atoms with Crippen molar-refractivity contribution in [3.8, 4) is 0 Å². The van der Waals surface area contributed by atoms with E-state index in [1.807, 2.05) is 0 Å². The Labute approximate surface area is 113 Å². The lowest BCUT2D eigenvalue weighted by molar-refractivity contribution is -0.137. The molecule has 2 rings (SSSR count). The van der Waals surface area contributed by atoms with Crippen molar-refractivity contribution in [3.05, 3.63) is 40.3 Å². The van der Waals surface area contributed by atoms with Gasteiger partial charge in [0.05, 0.1) is 5.56 Å². The first kappa shape index (κ1) is 14.2. The Balaban J connectivity index is 2.16. The highest BCUT2D eigenvalue weighted by Crippen LogP contribution is 2.37. The molecule has 19 heavy (non-hydrogen) atoms. The molecule has 0 unspecified atom stereocenters. The highest BCUT2D eigenvalue weighted by molar-refractivity contribution is 8.03. The second-order valence-electron chi connectivity index (χ2n) is 4.45. The van der Waals surface area contributed by atoms with Crippen LogP contribution >= 0.6 is 11.8 Å². The summed E-state index contributed by atoms with van der Waals surface area (Å²) in [5, 5.41) is 0. The number of benzene rings is 1. The van der Waals surface area contributed by atoms with Crippen molar-refractivity contribution in [3.63, 3.8) is 0 Å². The molecule has 0 radical (unpaired) electrons. The van der Waals surface area contributed by atoms with Gasteiger partial charge in [-0.3, -0.25) is 4.79 Å². The molecule has 0 fully saturated rings. The first-order valence-electron chi connectivity index (χ1n) is 5.96. The Bertz CT molecular complexity index is 514. The van der Waals surface area contributed by atoms with E-state index in [1.165, 1.54) is 23.9 Å². The van der Waals surface area contributed by atoms with Gasteiger partial charge < -0.3 is 0 Å². The van der Waals surface area contributed by atoms with Crippen LogP contribution < -0.4 is 0 Å². The van der Waals surface area contributed by atoms with Crippen LogP contribution in [0.4, 0.5) is 13.2 Å². The number of Topliss-reactive ketones (excluding diaryl/α,β-unsaturated/α-hetero) is 1. The molecule has 0 bridgehead atoms. The number of hydrogen-bond donors (Lipinski definition) is 0. The van der Waals surface area contributed by atoms with Gasteiger partial charge in [0.15, 0.2) is 5.78 Å². The zero-order chi connectivity index (χ0) is 14.0. The van der Waals surface area contributed by atoms with Gasteiger partial charge >= 0.3 is 6.18 Å². The van der Waals surface area contributed by atoms with E-state index >= 15 is 0 Å². The molecule has 0 aromatic heterocycles. The van der Waals surface area contributed by atoms with Crippen LogP contribution in [0, 0.1) is 0 Å². The topological polar surface area (TPSA) is 17.1 Å². The van der Waals surface area contributed by atoms with Crippen LogP contribution in [0.15, 0.2) is 39.6 Å². The number of carbonyl (C=O) groups is 1. The highest BCUT2D eigenvalue weighted by Gasteiger charge is 2.30. The predicted octanol–water partition coefficient (Wildman–Crippen LogP) is 4.82. The van der Waals surface area contributed by atoms with Crippen LogP contribution in [-0.4, -0.2) is 5.78 Å². The average molecular weight is 286 g/mol. The summed E-state index contributed by atoms with van der Waals surface area (Å²) in [6.45, 7) is 1.79. The zero-order valence-corrected chi connectivity index (χ0v) is 11.2. The maximum Gasteiger partial charge on any atom is 0.416 e. The average Bonchev–Trinajstić information content (AvgIpc) is 2.35. The summed E-state index contributed by atoms with van der Waals surface area (Å²) in [4.78, 5) is 13.3. The maximum absolute atomic E-state index is 12.4. The quantitative estimate of drug-likeness (QED) is 0.775. The summed E-state index contributed by atoms with van der Waals surface area (Å²) < 4.78 is 37.3. The molecule has 1 nitrogen and oxygen atoms in total. The number of carbonyl (C=O) groups excluding carboxylic acids is 1. The molecule has 0 spiro atoms. The Morgan fingerprint density at radius 2 is 1.74 bits per heavy atom. The largest absolute Gasteiger partial charge is 0.416 e. The van der Waals surface area contributed by atoms with Crippen LogP contribution in [0.25, 0.3) is 0 Å². The zero-order valence-electron chi connectivity index (χ0n) is 10.4. The third-order valence-corrected chi connectivity index (χ3v) is 4.33. The van der Waals surface area contributed by atoms with Crippen molar-refractivity contribution in [1.82, 2.24) is 0 Å². The summed E-state index contributed by atoms with van der Waals surface area (Å²) in [5.74, 6) is 0.140. The van der Waals surface area contributed by atoms with E-state index in [9.17, 15) is 18.0 Å². The van der Waals surface area contributed by atoms with Crippen molar-refractivity contribution >= 4 is 17.5 Å². The van der Waals surface area contributed by atoms with Gasteiger partial charge in [0.2, 0.25) is 0 Å². The fraction of sp³-hybridized carbons (Fsp3) is 0.357. The Morgan fingerprint density at radius 1 is 1.11 bits per heavy atom. The minimum absolute atomic E-state index is 0.140. The van der Waals surface area contributed by atoms with E-state index in [0.717, 1.165) is 40.3 Å². The highest BCUT2D eigenvalue weighted by atomic mass is 32.2. The van der Waals surface area contributed by atoms with Crippen LogP contribution in [0.3, 0.4) is 0 Å². The van der Waals surface area contributed by atoms with Crippen LogP contribution in [0.1, 0.15) is 31.7 Å². The van der Waals surface area contributed by atoms with Gasteiger partial charge in [-0.1, -0.05) is 11.8 Å². The lowest BCUT2D eigenvalue weighted by Crippen LogP contribution is -2.07. The van der Waals surface area contributed by atoms with E-state index < -0.39 is 11.7 Å². The monoisotopic (exact) mass is 286 g/mol. The first-order valence-corrected chi connectivity index (χ1v) is 6.77. The van der Waals surface area contributed by atoms with Gasteiger partial charge in [0.25, 0.3) is 0 Å². The van der Waals surface area contributed by atoms with Gasteiger partial charge in [0.1, 0.15) is 0 Å². The lowest BCUT2D eigenvalue weighted by atomic mass is 9.99. The molecule has 5 heteroatoms. The molecule has 0 saturated carbocycles. The Hall–Kier alpha value is -1.23. The first-order chi connectivity index (χ1) is 8.88. The molecular weight excluding hydrogens is 273 g/mol. The van der Waals surface area contributed by atoms with Crippen molar-refractivity contribution in [2.75, 3.05) is 0 Å². The van der Waals surface area contributed by atoms with Gasteiger partial charge in [-0.05, 0) is 48.9 Å². The normalized spacial score (nSPS) is 16.9. The number of allylic oxidation sites excluding steroid dienone is 2. The molecule has 0 amide bonds. The summed E-state index contributed by atoms with van der Waals surface area (Å²) in [7, 11) is 0. The molecule has 1 aromatic carbocycles. The van der Waals surface area contributed by atoms with E-state index in [4.69, 9.17) is 0 Å². The molecule has 0 heterocycles. The van der Waals surface area contributed by atoms with E-state index in [2.05, 4.69) is 0 Å². The number of hydrogen-bond acceptors (Lipinski definition) is 2. The summed E-state index contributed by atoms with van der Waals surface area (Å²) in [6.07, 6.45) is -2.09. The van der Waals surface area contributed by atoms with Crippen molar-refractivity contribution in [2.24, 2.45) is 0 Å². The second kappa shape index (κ2) is 5.41. The molecule has 0 saturated heterocycles. The fourth-order valence-electron chi connectivity index (χ4n) is 1.92. The third kappa shape index (κ3) is 3.41. The Kier molecular flexibility index (Phi) is 4.04. The summed E-state index contributed by atoms with van der Waals surface area (Å²) in [6, 6.07) is 5.05. The lowest BCUT2D eigenvalue weighted by Gasteiger charge is -2.16. The summed E-state index contributed by atoms with van der Waals surface area (Å²) in [5.41, 5.74) is 0.0958. The van der Waals surface area contributed by atoms with Crippen LogP contribution in [0.5, 0.6) is 0 Å². The van der Waals surface area contributed by atoms with Crippen LogP contribution in [0.2, 0.25) is 0 Å². The molecule has 0 aliphatic heterocycles. The molecule has 1 aromatic rings. The van der Waals surface area contributed by atoms with Gasteiger partial charge in [-0.2, -0.15) is 13.2 Å². The molecule has 0 N–H and O–H groups in total. The maximum atomic E-state index is 12.4. The SMILES string of the molecule is CC1=C(Sc2ccc(C(F)(F)F)cc2)CCCC1=O. The molecule has 1 aliphatic rings. The molecule has 0 atom stereocenters. The van der Waals surface area contributed by atoms with Crippen LogP contribution in [-0.2, 0) is 11.0 Å². The Morgan fingerprint density at radius 3 is 2.32 bits per heavy atom. The van der Waals surface area contributed by atoms with Crippen molar-refractivity contribution in [2.45, 2.75) is 37.3 Å². The molecule has 1 aliphatic carbocycles. The van der Waals surface area contributed by atoms with Gasteiger partial charge in [-0.25, -0.2) is 0 Å².